The molecule has 120 valence electrons. The summed E-state index contributed by atoms with van der Waals surface area (Å²) in [5.74, 6) is -0.834. The number of aliphatic carboxylic acids is 1. The van der Waals surface area contributed by atoms with Crippen LogP contribution in [0.3, 0.4) is 0 Å². The molecule has 2 aliphatic carbocycles. The van der Waals surface area contributed by atoms with Gasteiger partial charge in [-0.3, -0.25) is 4.79 Å². The fraction of sp³-hybridized carbons (Fsp3) is 0.875. The molecule has 5 nitrogen and oxygen atoms in total. The molecule has 2 amide bonds. The van der Waals surface area contributed by atoms with Gasteiger partial charge in [-0.25, -0.2) is 4.79 Å². The van der Waals surface area contributed by atoms with E-state index >= 15 is 0 Å². The van der Waals surface area contributed by atoms with Crippen LogP contribution in [0, 0.1) is 5.41 Å². The maximum absolute atomic E-state index is 12.2. The van der Waals surface area contributed by atoms with Crippen LogP contribution in [0.1, 0.15) is 71.6 Å². The molecule has 0 spiro atoms. The molecular weight excluding hydrogens is 268 g/mol. The molecule has 1 unspecified atom stereocenters. The lowest BCUT2D eigenvalue weighted by Gasteiger charge is -2.37. The Balaban J connectivity index is 1.90. The topological polar surface area (TPSA) is 78.4 Å². The van der Waals surface area contributed by atoms with Gasteiger partial charge >= 0.3 is 12.0 Å². The number of amides is 2. The van der Waals surface area contributed by atoms with Crippen LogP contribution < -0.4 is 10.6 Å². The maximum Gasteiger partial charge on any atom is 0.315 e. The predicted molar refractivity (Wildman–Crippen MR) is 81.2 cm³/mol. The van der Waals surface area contributed by atoms with Crippen LogP contribution in [-0.4, -0.2) is 28.7 Å². The van der Waals surface area contributed by atoms with Gasteiger partial charge in [0, 0.05) is 6.04 Å². The Hall–Kier alpha value is -1.26. The first-order valence-electron chi connectivity index (χ1n) is 8.11. The minimum absolute atomic E-state index is 0.0244. The van der Waals surface area contributed by atoms with Crippen LogP contribution in [0.2, 0.25) is 0 Å². The molecule has 2 aliphatic rings. The molecule has 0 aromatic heterocycles. The third-order valence-electron chi connectivity index (χ3n) is 4.98. The van der Waals surface area contributed by atoms with Crippen molar-refractivity contribution >= 4 is 12.0 Å². The normalized spacial score (nSPS) is 27.0. The minimum Gasteiger partial charge on any atom is -0.481 e. The van der Waals surface area contributed by atoms with Crippen LogP contribution >= 0.6 is 0 Å². The zero-order valence-corrected chi connectivity index (χ0v) is 13.2. The van der Waals surface area contributed by atoms with Gasteiger partial charge in [0.05, 0.1) is 12.0 Å². The van der Waals surface area contributed by atoms with E-state index in [1.807, 2.05) is 0 Å². The quantitative estimate of drug-likeness (QED) is 0.746. The fourth-order valence-corrected chi connectivity index (χ4v) is 3.89. The third-order valence-corrected chi connectivity index (χ3v) is 4.98. The minimum atomic E-state index is -0.834. The van der Waals surface area contributed by atoms with Crippen molar-refractivity contribution < 1.29 is 14.7 Å². The first-order chi connectivity index (χ1) is 9.80. The highest BCUT2D eigenvalue weighted by atomic mass is 16.4. The largest absolute Gasteiger partial charge is 0.481 e. The van der Waals surface area contributed by atoms with Crippen molar-refractivity contribution in [3.63, 3.8) is 0 Å². The van der Waals surface area contributed by atoms with Crippen molar-refractivity contribution in [2.24, 2.45) is 5.41 Å². The molecule has 0 heterocycles. The van der Waals surface area contributed by atoms with Crippen molar-refractivity contribution in [2.75, 3.05) is 0 Å². The Morgan fingerprint density at radius 3 is 2.33 bits per heavy atom. The molecule has 3 N–H and O–H groups in total. The molecule has 0 saturated heterocycles. The van der Waals surface area contributed by atoms with Gasteiger partial charge < -0.3 is 15.7 Å². The molecule has 0 aliphatic heterocycles. The lowest BCUT2D eigenvalue weighted by molar-refractivity contribution is -0.139. The molecule has 5 heteroatoms. The molecule has 0 aromatic carbocycles. The summed E-state index contributed by atoms with van der Waals surface area (Å²) in [6, 6.07) is 0.0197. The van der Waals surface area contributed by atoms with Crippen LogP contribution in [0.5, 0.6) is 0 Å². The van der Waals surface area contributed by atoms with E-state index in [0.29, 0.717) is 5.41 Å². The number of carbonyl (C=O) groups is 2. The summed E-state index contributed by atoms with van der Waals surface area (Å²) in [6.07, 6.45) is 7.79. The van der Waals surface area contributed by atoms with Crippen LogP contribution in [0.25, 0.3) is 0 Å². The summed E-state index contributed by atoms with van der Waals surface area (Å²) in [5, 5.41) is 15.1. The molecule has 0 aromatic rings. The summed E-state index contributed by atoms with van der Waals surface area (Å²) >= 11 is 0. The average Bonchev–Trinajstić information content (AvgIpc) is 2.68. The van der Waals surface area contributed by atoms with E-state index in [2.05, 4.69) is 24.5 Å². The van der Waals surface area contributed by atoms with Gasteiger partial charge in [0.25, 0.3) is 0 Å². The van der Waals surface area contributed by atoms with Gasteiger partial charge in [-0.15, -0.1) is 0 Å². The predicted octanol–water partition coefficient (Wildman–Crippen LogP) is 3.04. The summed E-state index contributed by atoms with van der Waals surface area (Å²) in [5.41, 5.74) is -0.260. The second-order valence-corrected chi connectivity index (χ2v) is 7.61. The summed E-state index contributed by atoms with van der Waals surface area (Å²) in [6.45, 7) is 4.44. The Morgan fingerprint density at radius 1 is 1.14 bits per heavy atom. The number of carboxylic acids is 1. The molecule has 0 radical (unpaired) electrons. The monoisotopic (exact) mass is 296 g/mol. The van der Waals surface area contributed by atoms with Crippen LogP contribution in [-0.2, 0) is 4.79 Å². The summed E-state index contributed by atoms with van der Waals surface area (Å²) in [7, 11) is 0. The van der Waals surface area contributed by atoms with E-state index in [1.54, 1.807) is 0 Å². The Bertz CT molecular complexity index is 400. The van der Waals surface area contributed by atoms with Crippen molar-refractivity contribution in [2.45, 2.75) is 83.2 Å². The van der Waals surface area contributed by atoms with Gasteiger partial charge in [-0.05, 0) is 37.5 Å². The molecule has 2 fully saturated rings. The van der Waals surface area contributed by atoms with E-state index in [0.717, 1.165) is 51.4 Å². The zero-order chi connectivity index (χ0) is 15.5. The molecule has 2 saturated carbocycles. The highest BCUT2D eigenvalue weighted by molar-refractivity contribution is 5.77. The molecule has 21 heavy (non-hydrogen) atoms. The van der Waals surface area contributed by atoms with E-state index < -0.39 is 11.5 Å². The number of nitrogens with one attached hydrogen (secondary N) is 2. The molecular formula is C16H28N2O3. The standard InChI is InChI=1S/C16H28N2O3/c1-15(2)9-6-12(10-15)17-14(21)18-16(11-13(19)20)7-4-3-5-8-16/h12H,3-11H2,1-2H3,(H,19,20)(H2,17,18,21). The number of hydrogen-bond acceptors (Lipinski definition) is 2. The van der Waals surface area contributed by atoms with Crippen molar-refractivity contribution in [3.05, 3.63) is 0 Å². The third kappa shape index (κ3) is 4.61. The highest BCUT2D eigenvalue weighted by Crippen LogP contribution is 2.37. The molecule has 1 atom stereocenters. The smallest absolute Gasteiger partial charge is 0.315 e. The number of carboxylic acid groups (broad SMARTS) is 1. The number of hydrogen-bond donors (Lipinski definition) is 3. The van der Waals surface area contributed by atoms with Crippen LogP contribution in [0.4, 0.5) is 4.79 Å². The average molecular weight is 296 g/mol. The van der Waals surface area contributed by atoms with E-state index in [9.17, 15) is 9.59 Å². The van der Waals surface area contributed by atoms with E-state index in [1.165, 1.54) is 0 Å². The van der Waals surface area contributed by atoms with Crippen molar-refractivity contribution in [3.8, 4) is 0 Å². The fourth-order valence-electron chi connectivity index (χ4n) is 3.89. The van der Waals surface area contributed by atoms with E-state index in [-0.39, 0.29) is 18.5 Å². The number of carbonyl (C=O) groups excluding carboxylic acids is 1. The first-order valence-corrected chi connectivity index (χ1v) is 8.11. The van der Waals surface area contributed by atoms with Gasteiger partial charge in [-0.1, -0.05) is 33.1 Å². The lowest BCUT2D eigenvalue weighted by atomic mass is 9.79. The maximum atomic E-state index is 12.2. The highest BCUT2D eigenvalue weighted by Gasteiger charge is 2.37. The van der Waals surface area contributed by atoms with Gasteiger partial charge in [-0.2, -0.15) is 0 Å². The first kappa shape index (κ1) is 16.1. The SMILES string of the molecule is CC1(C)CCC(NC(=O)NC2(CC(=O)O)CCCCC2)C1. The summed E-state index contributed by atoms with van der Waals surface area (Å²) < 4.78 is 0. The molecule has 0 bridgehead atoms. The summed E-state index contributed by atoms with van der Waals surface area (Å²) in [4.78, 5) is 23.4. The second kappa shape index (κ2) is 6.24. The van der Waals surface area contributed by atoms with E-state index in [4.69, 9.17) is 5.11 Å². The Kier molecular flexibility index (Phi) is 4.79. The van der Waals surface area contributed by atoms with Crippen molar-refractivity contribution in [1.29, 1.82) is 0 Å². The number of urea groups is 1. The zero-order valence-electron chi connectivity index (χ0n) is 13.2. The van der Waals surface area contributed by atoms with Gasteiger partial charge in [0.2, 0.25) is 0 Å². The van der Waals surface area contributed by atoms with Gasteiger partial charge in [0.1, 0.15) is 0 Å². The van der Waals surface area contributed by atoms with Crippen molar-refractivity contribution in [1.82, 2.24) is 10.6 Å². The Labute approximate surface area is 126 Å². The Morgan fingerprint density at radius 2 is 1.81 bits per heavy atom. The van der Waals surface area contributed by atoms with Gasteiger partial charge in [0.15, 0.2) is 0 Å². The number of rotatable bonds is 4. The molecule has 2 rings (SSSR count). The second-order valence-electron chi connectivity index (χ2n) is 7.61. The van der Waals surface area contributed by atoms with Crippen LogP contribution in [0.15, 0.2) is 0 Å². The lowest BCUT2D eigenvalue weighted by Crippen LogP contribution is -2.55.